The fourth-order valence-electron chi connectivity index (χ4n) is 2.18. The number of sulfonamides is 1. The molecule has 0 amide bonds. The van der Waals surface area contributed by atoms with Crippen LogP contribution < -0.4 is 10.0 Å². The number of halogens is 1. The van der Waals surface area contributed by atoms with Crippen LogP contribution in [0.1, 0.15) is 19.8 Å². The highest BCUT2D eigenvalue weighted by Gasteiger charge is 2.30. The Labute approximate surface area is 112 Å². The average molecular weight is 287 g/mol. The summed E-state index contributed by atoms with van der Waals surface area (Å²) in [5, 5.41) is 2.70. The summed E-state index contributed by atoms with van der Waals surface area (Å²) < 4.78 is 39.9. The lowest BCUT2D eigenvalue weighted by molar-refractivity contribution is 0.238. The third kappa shape index (κ3) is 3.49. The maximum Gasteiger partial charge on any atom is 0.261 e. The van der Waals surface area contributed by atoms with Crippen molar-refractivity contribution >= 4 is 10.0 Å². The normalized spacial score (nSPS) is 24.3. The number of nitrogens with zero attached hydrogens (tertiary/aromatic N) is 1. The summed E-state index contributed by atoms with van der Waals surface area (Å²) in [7, 11) is -3.89. The molecule has 0 aliphatic carbocycles. The van der Waals surface area contributed by atoms with Crippen LogP contribution in [-0.4, -0.2) is 33.0 Å². The number of nitrogens with one attached hydrogen (secondary N) is 2. The van der Waals surface area contributed by atoms with Gasteiger partial charge in [-0.2, -0.15) is 0 Å². The van der Waals surface area contributed by atoms with Crippen LogP contribution in [0.5, 0.6) is 0 Å². The molecule has 0 bridgehead atoms. The molecule has 1 aliphatic heterocycles. The highest BCUT2D eigenvalue weighted by Crippen LogP contribution is 2.25. The van der Waals surface area contributed by atoms with Crippen molar-refractivity contribution in [3.63, 3.8) is 0 Å². The molecule has 0 saturated carbocycles. The summed E-state index contributed by atoms with van der Waals surface area (Å²) in [6, 6.07) is 2.45. The van der Waals surface area contributed by atoms with E-state index < -0.39 is 20.9 Å². The molecular weight excluding hydrogens is 269 g/mol. The van der Waals surface area contributed by atoms with Gasteiger partial charge in [-0.1, -0.05) is 6.92 Å². The lowest BCUT2D eigenvalue weighted by atomic mass is 9.83. The van der Waals surface area contributed by atoms with Crippen molar-refractivity contribution in [2.45, 2.75) is 24.8 Å². The molecule has 1 atom stereocenters. The summed E-state index contributed by atoms with van der Waals surface area (Å²) in [6.45, 7) is 3.99. The standard InChI is InChI=1S/C12H18FN3O2S/c1-12(5-3-6-14-8-12)9-16-19(17,18)11-10(13)4-2-7-15-11/h2,4,7,14,16H,3,5-6,8-9H2,1H3. The van der Waals surface area contributed by atoms with Crippen LogP contribution in [0.3, 0.4) is 0 Å². The summed E-state index contributed by atoms with van der Waals surface area (Å²) in [4.78, 5) is 3.60. The third-order valence-electron chi connectivity index (χ3n) is 3.35. The molecule has 19 heavy (non-hydrogen) atoms. The summed E-state index contributed by atoms with van der Waals surface area (Å²) >= 11 is 0. The second-order valence-corrected chi connectivity index (χ2v) is 6.89. The molecule has 7 heteroatoms. The van der Waals surface area contributed by atoms with Crippen LogP contribution in [0, 0.1) is 11.2 Å². The molecule has 1 aromatic rings. The number of pyridine rings is 1. The van der Waals surface area contributed by atoms with Gasteiger partial charge in [0.2, 0.25) is 5.03 Å². The van der Waals surface area contributed by atoms with Crippen molar-refractivity contribution < 1.29 is 12.8 Å². The van der Waals surface area contributed by atoms with E-state index in [4.69, 9.17) is 0 Å². The smallest absolute Gasteiger partial charge is 0.261 e. The van der Waals surface area contributed by atoms with Gasteiger partial charge in [-0.15, -0.1) is 0 Å². The second kappa shape index (κ2) is 5.52. The van der Waals surface area contributed by atoms with Gasteiger partial charge in [-0.25, -0.2) is 22.5 Å². The van der Waals surface area contributed by atoms with Gasteiger partial charge in [0.1, 0.15) is 0 Å². The van der Waals surface area contributed by atoms with Crippen molar-refractivity contribution in [3.8, 4) is 0 Å². The first-order valence-corrected chi connectivity index (χ1v) is 7.72. The molecule has 2 rings (SSSR count). The Balaban J connectivity index is 2.08. The highest BCUT2D eigenvalue weighted by atomic mass is 32.2. The van der Waals surface area contributed by atoms with Gasteiger partial charge < -0.3 is 5.32 Å². The number of hydrogen-bond donors (Lipinski definition) is 2. The van der Waals surface area contributed by atoms with Crippen LogP contribution >= 0.6 is 0 Å². The van der Waals surface area contributed by atoms with Crippen LogP contribution in [0.2, 0.25) is 0 Å². The fraction of sp³-hybridized carbons (Fsp3) is 0.583. The molecule has 1 aromatic heterocycles. The molecule has 0 radical (unpaired) electrons. The Kier molecular flexibility index (Phi) is 4.17. The van der Waals surface area contributed by atoms with Crippen molar-refractivity contribution in [2.75, 3.05) is 19.6 Å². The van der Waals surface area contributed by atoms with Crippen molar-refractivity contribution in [3.05, 3.63) is 24.1 Å². The van der Waals surface area contributed by atoms with E-state index in [1.54, 1.807) is 0 Å². The molecule has 1 unspecified atom stereocenters. The van der Waals surface area contributed by atoms with Gasteiger partial charge in [-0.05, 0) is 36.9 Å². The lowest BCUT2D eigenvalue weighted by Gasteiger charge is -2.34. The minimum Gasteiger partial charge on any atom is -0.316 e. The Morgan fingerprint density at radius 1 is 1.58 bits per heavy atom. The summed E-state index contributed by atoms with van der Waals surface area (Å²) in [6.07, 6.45) is 3.21. The quantitative estimate of drug-likeness (QED) is 0.863. The SMILES string of the molecule is CC1(CNS(=O)(=O)c2ncccc2F)CCCNC1. The van der Waals surface area contributed by atoms with Crippen molar-refractivity contribution in [2.24, 2.45) is 5.41 Å². The third-order valence-corrected chi connectivity index (χ3v) is 4.69. The van der Waals surface area contributed by atoms with Gasteiger partial charge in [0.25, 0.3) is 10.0 Å². The number of rotatable bonds is 4. The van der Waals surface area contributed by atoms with E-state index in [2.05, 4.69) is 15.0 Å². The van der Waals surface area contributed by atoms with E-state index in [0.717, 1.165) is 32.0 Å². The monoisotopic (exact) mass is 287 g/mol. The molecule has 0 spiro atoms. The predicted octanol–water partition coefficient (Wildman–Crippen LogP) is 0.889. The molecular formula is C12H18FN3O2S. The molecule has 2 heterocycles. The Bertz CT molecular complexity index is 542. The first kappa shape index (κ1) is 14.4. The minimum absolute atomic E-state index is 0.142. The van der Waals surface area contributed by atoms with E-state index in [1.165, 1.54) is 12.3 Å². The molecule has 5 nitrogen and oxygen atoms in total. The summed E-state index contributed by atoms with van der Waals surface area (Å²) in [5.41, 5.74) is -0.142. The van der Waals surface area contributed by atoms with E-state index in [-0.39, 0.29) is 12.0 Å². The molecule has 1 fully saturated rings. The zero-order valence-electron chi connectivity index (χ0n) is 10.8. The predicted molar refractivity (Wildman–Crippen MR) is 69.6 cm³/mol. The minimum atomic E-state index is -3.89. The van der Waals surface area contributed by atoms with E-state index in [9.17, 15) is 12.8 Å². The Morgan fingerprint density at radius 2 is 2.37 bits per heavy atom. The first-order valence-electron chi connectivity index (χ1n) is 6.24. The Morgan fingerprint density at radius 3 is 3.00 bits per heavy atom. The van der Waals surface area contributed by atoms with E-state index >= 15 is 0 Å². The highest BCUT2D eigenvalue weighted by molar-refractivity contribution is 7.89. The maximum absolute atomic E-state index is 13.5. The zero-order valence-corrected chi connectivity index (χ0v) is 11.6. The fourth-order valence-corrected chi connectivity index (χ4v) is 3.38. The maximum atomic E-state index is 13.5. The van der Waals surface area contributed by atoms with Gasteiger partial charge in [0.15, 0.2) is 5.82 Å². The van der Waals surface area contributed by atoms with Crippen LogP contribution in [0.4, 0.5) is 4.39 Å². The van der Waals surface area contributed by atoms with Gasteiger partial charge in [0.05, 0.1) is 0 Å². The number of hydrogen-bond acceptors (Lipinski definition) is 4. The molecule has 1 aliphatic rings. The lowest BCUT2D eigenvalue weighted by Crippen LogP contribution is -2.45. The zero-order chi connectivity index (χ0) is 13.9. The first-order chi connectivity index (χ1) is 8.93. The average Bonchev–Trinajstić information content (AvgIpc) is 2.38. The second-order valence-electron chi connectivity index (χ2n) is 5.21. The van der Waals surface area contributed by atoms with Crippen LogP contribution in [0.15, 0.2) is 23.4 Å². The number of piperidine rings is 1. The van der Waals surface area contributed by atoms with Gasteiger partial charge in [-0.3, -0.25) is 0 Å². The van der Waals surface area contributed by atoms with E-state index in [0.29, 0.717) is 0 Å². The molecule has 1 saturated heterocycles. The molecule has 0 aromatic carbocycles. The topological polar surface area (TPSA) is 71.1 Å². The summed E-state index contributed by atoms with van der Waals surface area (Å²) in [5.74, 6) is -0.832. The number of aromatic nitrogens is 1. The molecule has 106 valence electrons. The van der Waals surface area contributed by atoms with Crippen molar-refractivity contribution in [1.29, 1.82) is 0 Å². The Hall–Kier alpha value is -1.05. The van der Waals surface area contributed by atoms with Crippen molar-refractivity contribution in [1.82, 2.24) is 15.0 Å². The molecule has 2 N–H and O–H groups in total. The van der Waals surface area contributed by atoms with Gasteiger partial charge >= 0.3 is 0 Å². The van der Waals surface area contributed by atoms with Gasteiger partial charge in [0, 0.05) is 19.3 Å². The van der Waals surface area contributed by atoms with Crippen LogP contribution in [0.25, 0.3) is 0 Å². The van der Waals surface area contributed by atoms with Crippen LogP contribution in [-0.2, 0) is 10.0 Å². The van der Waals surface area contributed by atoms with E-state index in [1.807, 2.05) is 6.92 Å². The largest absolute Gasteiger partial charge is 0.316 e.